The Balaban J connectivity index is 2.16. The minimum atomic E-state index is -0.908. The van der Waals surface area contributed by atoms with Crippen molar-refractivity contribution in [1.29, 1.82) is 0 Å². The summed E-state index contributed by atoms with van der Waals surface area (Å²) in [5, 5.41) is 8.91. The first-order valence-electron chi connectivity index (χ1n) is 4.46. The molecule has 1 fully saturated rings. The first-order chi connectivity index (χ1) is 6.27. The van der Waals surface area contributed by atoms with E-state index in [0.29, 0.717) is 5.92 Å². The second-order valence-electron chi connectivity index (χ2n) is 3.35. The molecule has 1 aromatic heterocycles. The average Bonchev–Trinajstić information content (AvgIpc) is 2.75. The summed E-state index contributed by atoms with van der Waals surface area (Å²) in [5.74, 6) is -0.333. The van der Waals surface area contributed by atoms with Crippen LogP contribution in [0.15, 0.2) is 6.20 Å². The molecule has 3 nitrogen and oxygen atoms in total. The first-order valence-corrected chi connectivity index (χ1v) is 5.28. The van der Waals surface area contributed by atoms with Crippen LogP contribution in [0.5, 0.6) is 0 Å². The molecule has 1 N–H and O–H groups in total. The summed E-state index contributed by atoms with van der Waals surface area (Å²) in [5.41, 5.74) is 0. The predicted molar refractivity (Wildman–Crippen MR) is 50.3 cm³/mol. The third-order valence-corrected chi connectivity index (χ3v) is 3.61. The molecule has 0 radical (unpaired) electrons. The molecule has 1 aliphatic rings. The zero-order valence-electron chi connectivity index (χ0n) is 7.19. The first kappa shape index (κ1) is 8.69. The van der Waals surface area contributed by atoms with Gasteiger partial charge < -0.3 is 5.11 Å². The smallest absolute Gasteiger partial charge is 0.365 e. The van der Waals surface area contributed by atoms with Crippen LogP contribution in [-0.4, -0.2) is 16.1 Å². The van der Waals surface area contributed by atoms with Crippen LogP contribution in [-0.2, 0) is 0 Å². The van der Waals surface area contributed by atoms with E-state index in [1.807, 2.05) is 0 Å². The quantitative estimate of drug-likeness (QED) is 0.792. The van der Waals surface area contributed by atoms with Gasteiger partial charge in [0.2, 0.25) is 5.01 Å². The fourth-order valence-corrected chi connectivity index (χ4v) is 2.71. The van der Waals surface area contributed by atoms with Gasteiger partial charge in [-0.1, -0.05) is 12.8 Å². The molecule has 0 unspecified atom stereocenters. The van der Waals surface area contributed by atoms with Crippen LogP contribution < -0.4 is 0 Å². The number of carboxylic acid groups (broad SMARTS) is 1. The van der Waals surface area contributed by atoms with E-state index in [1.165, 1.54) is 37.0 Å². The zero-order chi connectivity index (χ0) is 9.26. The number of hydrogen-bond donors (Lipinski definition) is 1. The molecular formula is C9H11NO2S. The number of rotatable bonds is 2. The summed E-state index contributed by atoms with van der Waals surface area (Å²) in [6, 6.07) is 0. The number of nitrogens with zero attached hydrogens (tertiary/aromatic N) is 1. The van der Waals surface area contributed by atoms with Crippen LogP contribution in [0.3, 0.4) is 0 Å². The molecule has 4 heteroatoms. The van der Waals surface area contributed by atoms with Gasteiger partial charge in [-0.3, -0.25) is 0 Å². The maximum atomic E-state index is 10.6. The summed E-state index contributed by atoms with van der Waals surface area (Å²) in [6.07, 6.45) is 6.66. The summed E-state index contributed by atoms with van der Waals surface area (Å²) < 4.78 is 0. The standard InChI is InChI=1S/C9H11NO2S/c11-9(12)8-10-5-7(13-8)6-3-1-2-4-6/h5-6H,1-4H2,(H,11,12). The van der Waals surface area contributed by atoms with E-state index in [-0.39, 0.29) is 5.01 Å². The molecule has 70 valence electrons. The Morgan fingerprint density at radius 2 is 2.23 bits per heavy atom. The predicted octanol–water partition coefficient (Wildman–Crippen LogP) is 2.50. The van der Waals surface area contributed by atoms with Crippen LogP contribution in [0, 0.1) is 0 Å². The zero-order valence-corrected chi connectivity index (χ0v) is 8.01. The second-order valence-corrected chi connectivity index (χ2v) is 4.42. The number of aromatic carboxylic acids is 1. The van der Waals surface area contributed by atoms with E-state index in [1.54, 1.807) is 6.20 Å². The molecule has 0 aromatic carbocycles. The Hall–Kier alpha value is -0.900. The van der Waals surface area contributed by atoms with Crippen molar-refractivity contribution in [1.82, 2.24) is 4.98 Å². The summed E-state index contributed by atoms with van der Waals surface area (Å²) in [6.45, 7) is 0. The third kappa shape index (κ3) is 1.72. The van der Waals surface area contributed by atoms with Gasteiger partial charge in [-0.15, -0.1) is 11.3 Å². The number of carbonyl (C=O) groups is 1. The van der Waals surface area contributed by atoms with E-state index >= 15 is 0 Å². The molecule has 0 bridgehead atoms. The fraction of sp³-hybridized carbons (Fsp3) is 0.556. The highest BCUT2D eigenvalue weighted by Gasteiger charge is 2.20. The molecule has 0 spiro atoms. The number of hydrogen-bond acceptors (Lipinski definition) is 3. The minimum absolute atomic E-state index is 0.224. The SMILES string of the molecule is O=C(O)c1ncc(C2CCCC2)s1. The summed E-state index contributed by atoms with van der Waals surface area (Å²) in [4.78, 5) is 15.6. The molecule has 0 saturated heterocycles. The molecule has 1 aliphatic carbocycles. The number of thiazole rings is 1. The van der Waals surface area contributed by atoms with Gasteiger partial charge in [-0.25, -0.2) is 9.78 Å². The van der Waals surface area contributed by atoms with Gasteiger partial charge in [0, 0.05) is 11.1 Å². The Labute approximate surface area is 80.4 Å². The van der Waals surface area contributed by atoms with Crippen molar-refractivity contribution in [3.05, 3.63) is 16.1 Å². The van der Waals surface area contributed by atoms with Gasteiger partial charge in [-0.2, -0.15) is 0 Å². The van der Waals surface area contributed by atoms with Crippen molar-refractivity contribution in [3.8, 4) is 0 Å². The van der Waals surface area contributed by atoms with E-state index in [2.05, 4.69) is 4.98 Å². The average molecular weight is 197 g/mol. The van der Waals surface area contributed by atoms with Crippen molar-refractivity contribution in [2.24, 2.45) is 0 Å². The minimum Gasteiger partial charge on any atom is -0.476 e. The van der Waals surface area contributed by atoms with Crippen molar-refractivity contribution in [2.45, 2.75) is 31.6 Å². The van der Waals surface area contributed by atoms with Crippen molar-refractivity contribution < 1.29 is 9.90 Å². The van der Waals surface area contributed by atoms with E-state index in [4.69, 9.17) is 5.11 Å². The second kappa shape index (κ2) is 3.46. The van der Waals surface area contributed by atoms with Crippen LogP contribution in [0.2, 0.25) is 0 Å². The van der Waals surface area contributed by atoms with Gasteiger partial charge in [0.15, 0.2) is 0 Å². The molecule has 0 aliphatic heterocycles. The van der Waals surface area contributed by atoms with Gasteiger partial charge in [-0.05, 0) is 18.8 Å². The lowest BCUT2D eigenvalue weighted by atomic mass is 10.1. The van der Waals surface area contributed by atoms with Gasteiger partial charge in [0.1, 0.15) is 0 Å². The third-order valence-electron chi connectivity index (χ3n) is 2.46. The monoisotopic (exact) mass is 197 g/mol. The largest absolute Gasteiger partial charge is 0.476 e. The van der Waals surface area contributed by atoms with Gasteiger partial charge >= 0.3 is 5.97 Å². The van der Waals surface area contributed by atoms with Crippen LogP contribution >= 0.6 is 11.3 Å². The molecule has 2 rings (SSSR count). The van der Waals surface area contributed by atoms with E-state index in [9.17, 15) is 4.79 Å². The van der Waals surface area contributed by atoms with Crippen LogP contribution in [0.4, 0.5) is 0 Å². The molecule has 1 heterocycles. The number of carboxylic acids is 1. The lowest BCUT2D eigenvalue weighted by Crippen LogP contribution is -1.92. The Kier molecular flexibility index (Phi) is 2.31. The molecule has 0 amide bonds. The maximum absolute atomic E-state index is 10.6. The molecule has 1 aromatic rings. The van der Waals surface area contributed by atoms with Crippen molar-refractivity contribution in [3.63, 3.8) is 0 Å². The Morgan fingerprint density at radius 1 is 1.54 bits per heavy atom. The summed E-state index contributed by atoms with van der Waals surface area (Å²) >= 11 is 1.33. The topological polar surface area (TPSA) is 50.2 Å². The highest BCUT2D eigenvalue weighted by Crippen LogP contribution is 2.36. The normalized spacial score (nSPS) is 17.8. The van der Waals surface area contributed by atoms with E-state index in [0.717, 1.165) is 4.88 Å². The molecule has 13 heavy (non-hydrogen) atoms. The van der Waals surface area contributed by atoms with Gasteiger partial charge in [0.05, 0.1) is 0 Å². The fourth-order valence-electron chi connectivity index (χ4n) is 1.78. The highest BCUT2D eigenvalue weighted by atomic mass is 32.1. The van der Waals surface area contributed by atoms with Gasteiger partial charge in [0.25, 0.3) is 0 Å². The molecular weight excluding hydrogens is 186 g/mol. The van der Waals surface area contributed by atoms with Crippen molar-refractivity contribution >= 4 is 17.3 Å². The lowest BCUT2D eigenvalue weighted by molar-refractivity contribution is 0.0696. The molecule has 1 saturated carbocycles. The van der Waals surface area contributed by atoms with Crippen molar-refractivity contribution in [2.75, 3.05) is 0 Å². The Bertz CT molecular complexity index is 315. The maximum Gasteiger partial charge on any atom is 0.365 e. The lowest BCUT2D eigenvalue weighted by Gasteiger charge is -2.02. The van der Waals surface area contributed by atoms with Crippen LogP contribution in [0.25, 0.3) is 0 Å². The van der Waals surface area contributed by atoms with E-state index < -0.39 is 5.97 Å². The molecule has 0 atom stereocenters. The summed E-state index contributed by atoms with van der Waals surface area (Å²) in [7, 11) is 0. The van der Waals surface area contributed by atoms with Crippen LogP contribution in [0.1, 0.15) is 46.3 Å². The Morgan fingerprint density at radius 3 is 2.77 bits per heavy atom. The highest BCUT2D eigenvalue weighted by molar-refractivity contribution is 7.13. The number of aromatic nitrogens is 1.